The fourth-order valence-electron chi connectivity index (χ4n) is 1.39. The number of nitrogens with one attached hydrogen (secondary N) is 2. The van der Waals surface area contributed by atoms with Crippen molar-refractivity contribution in [2.75, 3.05) is 37.5 Å². The van der Waals surface area contributed by atoms with E-state index in [1.807, 2.05) is 6.92 Å². The second kappa shape index (κ2) is 6.48. The summed E-state index contributed by atoms with van der Waals surface area (Å²) in [5, 5.41) is 33.5. The molecular formula is C11H20N4O3. The van der Waals surface area contributed by atoms with Crippen LogP contribution in [0.5, 0.6) is 0 Å². The summed E-state index contributed by atoms with van der Waals surface area (Å²) < 4.78 is 0. The summed E-state index contributed by atoms with van der Waals surface area (Å²) in [7, 11) is 1.74. The minimum atomic E-state index is -1.19. The molecule has 0 spiro atoms. The monoisotopic (exact) mass is 256 g/mol. The van der Waals surface area contributed by atoms with Crippen molar-refractivity contribution in [3.05, 3.63) is 11.9 Å². The number of anilines is 2. The van der Waals surface area contributed by atoms with Crippen molar-refractivity contribution in [2.24, 2.45) is 0 Å². The summed E-state index contributed by atoms with van der Waals surface area (Å²) in [5.41, 5.74) is -1.19. The van der Waals surface area contributed by atoms with Crippen molar-refractivity contribution in [2.45, 2.75) is 18.9 Å². The van der Waals surface area contributed by atoms with E-state index < -0.39 is 25.4 Å². The highest BCUT2D eigenvalue weighted by atomic mass is 16.3. The van der Waals surface area contributed by atoms with Gasteiger partial charge in [0.15, 0.2) is 0 Å². The van der Waals surface area contributed by atoms with E-state index in [0.29, 0.717) is 23.9 Å². The van der Waals surface area contributed by atoms with Crippen molar-refractivity contribution in [3.8, 4) is 0 Å². The largest absolute Gasteiger partial charge is 0.394 e. The molecular weight excluding hydrogens is 236 g/mol. The molecule has 0 fully saturated rings. The van der Waals surface area contributed by atoms with Gasteiger partial charge in [0.05, 0.1) is 19.8 Å². The lowest BCUT2D eigenvalue weighted by Gasteiger charge is -2.29. The number of hydrogen-bond acceptors (Lipinski definition) is 7. The maximum absolute atomic E-state index is 9.25. The Morgan fingerprint density at radius 1 is 1.11 bits per heavy atom. The van der Waals surface area contributed by atoms with Gasteiger partial charge < -0.3 is 26.0 Å². The Balaban J connectivity index is 3.01. The Labute approximate surface area is 106 Å². The molecule has 7 nitrogen and oxygen atoms in total. The standard InChI is InChI=1S/C11H20N4O3/c1-3-8-13-9(12-2)4-10(14-8)15-11(5-16,6-17)7-18/h4,16-18H,3,5-7H2,1-2H3,(H2,12,13,14,15). The maximum atomic E-state index is 9.25. The summed E-state index contributed by atoms with van der Waals surface area (Å²) in [4.78, 5) is 8.46. The molecule has 102 valence electrons. The van der Waals surface area contributed by atoms with Crippen molar-refractivity contribution in [1.82, 2.24) is 9.97 Å². The molecule has 0 aliphatic heterocycles. The topological polar surface area (TPSA) is 111 Å². The van der Waals surface area contributed by atoms with E-state index in [1.54, 1.807) is 13.1 Å². The summed E-state index contributed by atoms with van der Waals surface area (Å²) >= 11 is 0. The third-order valence-electron chi connectivity index (χ3n) is 2.65. The van der Waals surface area contributed by atoms with Crippen molar-refractivity contribution < 1.29 is 15.3 Å². The van der Waals surface area contributed by atoms with Crippen LogP contribution in [0.15, 0.2) is 6.07 Å². The van der Waals surface area contributed by atoms with Crippen molar-refractivity contribution in [3.63, 3.8) is 0 Å². The predicted octanol–water partition coefficient (Wildman–Crippen LogP) is -0.792. The fourth-order valence-corrected chi connectivity index (χ4v) is 1.39. The van der Waals surface area contributed by atoms with Gasteiger partial charge in [-0.25, -0.2) is 9.97 Å². The van der Waals surface area contributed by atoms with E-state index in [2.05, 4.69) is 20.6 Å². The molecule has 0 atom stereocenters. The molecule has 0 amide bonds. The van der Waals surface area contributed by atoms with Gasteiger partial charge in [0, 0.05) is 19.5 Å². The molecule has 0 radical (unpaired) electrons. The molecule has 0 aromatic carbocycles. The Bertz CT molecular complexity index is 352. The number of nitrogens with zero attached hydrogens (tertiary/aromatic N) is 2. The molecule has 5 N–H and O–H groups in total. The van der Waals surface area contributed by atoms with Crippen LogP contribution in [0.1, 0.15) is 12.7 Å². The molecule has 18 heavy (non-hydrogen) atoms. The highest BCUT2D eigenvalue weighted by molar-refractivity contribution is 5.48. The van der Waals surface area contributed by atoms with Crippen LogP contribution in [0.2, 0.25) is 0 Å². The third-order valence-corrected chi connectivity index (χ3v) is 2.65. The molecule has 0 bridgehead atoms. The van der Waals surface area contributed by atoms with Crippen LogP contribution in [0, 0.1) is 0 Å². The van der Waals surface area contributed by atoms with E-state index in [9.17, 15) is 15.3 Å². The minimum Gasteiger partial charge on any atom is -0.394 e. The molecule has 0 saturated heterocycles. The van der Waals surface area contributed by atoms with Gasteiger partial charge in [0.1, 0.15) is 23.0 Å². The first kappa shape index (κ1) is 14.6. The van der Waals surface area contributed by atoms with Crippen LogP contribution < -0.4 is 10.6 Å². The summed E-state index contributed by atoms with van der Waals surface area (Å²) in [6.45, 7) is 0.719. The minimum absolute atomic E-state index is 0.402. The zero-order valence-electron chi connectivity index (χ0n) is 10.6. The second-order valence-electron chi connectivity index (χ2n) is 4.04. The second-order valence-corrected chi connectivity index (χ2v) is 4.04. The zero-order valence-corrected chi connectivity index (χ0v) is 10.6. The molecule has 1 aromatic heterocycles. The first-order valence-electron chi connectivity index (χ1n) is 5.79. The molecule has 0 unspecified atom stereocenters. The lowest BCUT2D eigenvalue weighted by atomic mass is 10.0. The van der Waals surface area contributed by atoms with Crippen molar-refractivity contribution in [1.29, 1.82) is 0 Å². The Morgan fingerprint density at radius 3 is 2.11 bits per heavy atom. The van der Waals surface area contributed by atoms with E-state index >= 15 is 0 Å². The molecule has 7 heteroatoms. The van der Waals surface area contributed by atoms with Gasteiger partial charge in [-0.1, -0.05) is 6.92 Å². The van der Waals surface area contributed by atoms with Gasteiger partial charge in [-0.15, -0.1) is 0 Å². The SMILES string of the molecule is CCc1nc(NC)cc(NC(CO)(CO)CO)n1. The highest BCUT2D eigenvalue weighted by Gasteiger charge is 2.28. The first-order chi connectivity index (χ1) is 8.62. The molecule has 0 saturated carbocycles. The van der Waals surface area contributed by atoms with E-state index in [-0.39, 0.29) is 0 Å². The molecule has 1 aromatic rings. The Kier molecular flexibility index (Phi) is 5.26. The maximum Gasteiger partial charge on any atom is 0.132 e. The van der Waals surface area contributed by atoms with Crippen LogP contribution >= 0.6 is 0 Å². The number of aryl methyl sites for hydroxylation is 1. The zero-order chi connectivity index (χ0) is 13.6. The van der Waals surface area contributed by atoms with E-state index in [4.69, 9.17) is 0 Å². The number of aromatic nitrogens is 2. The third kappa shape index (κ3) is 3.28. The fraction of sp³-hybridized carbons (Fsp3) is 0.636. The van der Waals surface area contributed by atoms with Crippen molar-refractivity contribution >= 4 is 11.6 Å². The van der Waals surface area contributed by atoms with Crippen LogP contribution in [0.3, 0.4) is 0 Å². The van der Waals surface area contributed by atoms with Gasteiger partial charge in [0.2, 0.25) is 0 Å². The summed E-state index contributed by atoms with van der Waals surface area (Å²) in [6.07, 6.45) is 0.661. The molecule has 0 aliphatic carbocycles. The van der Waals surface area contributed by atoms with Gasteiger partial charge in [0.25, 0.3) is 0 Å². The summed E-state index contributed by atoms with van der Waals surface area (Å²) in [5.74, 6) is 1.71. The van der Waals surface area contributed by atoms with E-state index in [1.165, 1.54) is 0 Å². The van der Waals surface area contributed by atoms with E-state index in [0.717, 1.165) is 0 Å². The van der Waals surface area contributed by atoms with Crippen LogP contribution in [-0.4, -0.2) is 57.7 Å². The normalized spacial score (nSPS) is 11.4. The summed E-state index contributed by atoms with van der Waals surface area (Å²) in [6, 6.07) is 1.65. The smallest absolute Gasteiger partial charge is 0.132 e. The lowest BCUT2D eigenvalue weighted by Crippen LogP contribution is -2.49. The van der Waals surface area contributed by atoms with Gasteiger partial charge in [-0.05, 0) is 0 Å². The average Bonchev–Trinajstić information content (AvgIpc) is 2.44. The number of aliphatic hydroxyl groups is 3. The quantitative estimate of drug-likeness (QED) is 0.435. The average molecular weight is 256 g/mol. The number of hydrogen-bond donors (Lipinski definition) is 5. The van der Waals surface area contributed by atoms with Crippen LogP contribution in [0.25, 0.3) is 0 Å². The Hall–Kier alpha value is -1.44. The number of rotatable bonds is 7. The van der Waals surface area contributed by atoms with Gasteiger partial charge in [-0.3, -0.25) is 0 Å². The molecule has 1 heterocycles. The van der Waals surface area contributed by atoms with Gasteiger partial charge in [-0.2, -0.15) is 0 Å². The predicted molar refractivity (Wildman–Crippen MR) is 68.6 cm³/mol. The lowest BCUT2D eigenvalue weighted by molar-refractivity contribution is 0.0831. The molecule has 0 aliphatic rings. The van der Waals surface area contributed by atoms with Crippen LogP contribution in [0.4, 0.5) is 11.6 Å². The number of aliphatic hydroxyl groups excluding tert-OH is 3. The molecule has 1 rings (SSSR count). The van der Waals surface area contributed by atoms with Gasteiger partial charge >= 0.3 is 0 Å². The highest BCUT2D eigenvalue weighted by Crippen LogP contribution is 2.16. The first-order valence-corrected chi connectivity index (χ1v) is 5.79. The Morgan fingerprint density at radius 2 is 1.67 bits per heavy atom. The van der Waals surface area contributed by atoms with Crippen LogP contribution in [-0.2, 0) is 6.42 Å².